The zero-order valence-corrected chi connectivity index (χ0v) is 10.3. The van der Waals surface area contributed by atoms with E-state index in [1.807, 2.05) is 25.1 Å². The van der Waals surface area contributed by atoms with Gasteiger partial charge in [-0.05, 0) is 19.4 Å². The highest BCUT2D eigenvalue weighted by atomic mass is 35.5. The van der Waals surface area contributed by atoms with E-state index in [-0.39, 0.29) is 5.97 Å². The van der Waals surface area contributed by atoms with Gasteiger partial charge in [0.2, 0.25) is 0 Å². The van der Waals surface area contributed by atoms with E-state index in [0.717, 1.165) is 6.42 Å². The molecular formula is C13H15ClO2. The Morgan fingerprint density at radius 3 is 2.69 bits per heavy atom. The van der Waals surface area contributed by atoms with Crippen LogP contribution in [0.2, 0.25) is 5.02 Å². The summed E-state index contributed by atoms with van der Waals surface area (Å²) in [5.74, 6) is -0.322. The molecule has 1 aromatic rings. The van der Waals surface area contributed by atoms with Crippen LogP contribution in [-0.2, 0) is 9.53 Å². The minimum absolute atomic E-state index is 0.322. The molecule has 16 heavy (non-hydrogen) atoms. The van der Waals surface area contributed by atoms with Crippen molar-refractivity contribution >= 4 is 23.1 Å². The van der Waals surface area contributed by atoms with Crippen molar-refractivity contribution in [1.82, 2.24) is 0 Å². The molecule has 0 saturated heterocycles. The molecule has 0 aliphatic carbocycles. The molecule has 0 aliphatic heterocycles. The third-order valence-corrected chi connectivity index (χ3v) is 2.44. The lowest BCUT2D eigenvalue weighted by Gasteiger charge is -2.08. The van der Waals surface area contributed by atoms with Crippen molar-refractivity contribution in [1.29, 1.82) is 0 Å². The number of benzene rings is 1. The smallest absolute Gasteiger partial charge is 0.338 e. The lowest BCUT2D eigenvalue weighted by Crippen LogP contribution is -2.08. The molecule has 0 bridgehead atoms. The highest BCUT2D eigenvalue weighted by molar-refractivity contribution is 6.34. The molecule has 0 radical (unpaired) electrons. The average molecular weight is 239 g/mol. The minimum atomic E-state index is -0.322. The van der Waals surface area contributed by atoms with E-state index in [1.165, 1.54) is 0 Å². The summed E-state index contributed by atoms with van der Waals surface area (Å²) < 4.78 is 5.09. The quantitative estimate of drug-likeness (QED) is 0.591. The second-order valence-corrected chi connectivity index (χ2v) is 3.73. The number of ether oxygens (including phenoxy) is 1. The van der Waals surface area contributed by atoms with Crippen LogP contribution in [0.5, 0.6) is 0 Å². The summed E-state index contributed by atoms with van der Waals surface area (Å²) in [6, 6.07) is 7.24. The minimum Gasteiger partial charge on any atom is -0.462 e. The number of carbonyl (C=O) groups excluding carboxylic acids is 1. The average Bonchev–Trinajstić information content (AvgIpc) is 2.30. The highest BCUT2D eigenvalue weighted by Crippen LogP contribution is 2.24. The monoisotopic (exact) mass is 238 g/mol. The van der Waals surface area contributed by atoms with Gasteiger partial charge >= 0.3 is 5.97 Å². The van der Waals surface area contributed by atoms with E-state index < -0.39 is 0 Å². The van der Waals surface area contributed by atoms with Gasteiger partial charge < -0.3 is 4.74 Å². The Balaban J connectivity index is 2.92. The molecular weight excluding hydrogens is 224 g/mol. The molecule has 0 saturated carbocycles. The van der Waals surface area contributed by atoms with Gasteiger partial charge in [-0.1, -0.05) is 42.8 Å². The first-order chi connectivity index (χ1) is 7.70. The van der Waals surface area contributed by atoms with Crippen LogP contribution >= 0.6 is 11.6 Å². The molecule has 0 amide bonds. The van der Waals surface area contributed by atoms with Gasteiger partial charge in [0.25, 0.3) is 0 Å². The third kappa shape index (κ3) is 3.11. The fraction of sp³-hybridized carbons (Fsp3) is 0.308. The van der Waals surface area contributed by atoms with Crippen LogP contribution in [0.25, 0.3) is 5.57 Å². The summed E-state index contributed by atoms with van der Waals surface area (Å²) in [5.41, 5.74) is 1.23. The lowest BCUT2D eigenvalue weighted by atomic mass is 10.1. The van der Waals surface area contributed by atoms with Crippen molar-refractivity contribution in [3.05, 3.63) is 40.9 Å². The van der Waals surface area contributed by atoms with E-state index in [4.69, 9.17) is 16.3 Å². The van der Waals surface area contributed by atoms with Crippen LogP contribution in [0.15, 0.2) is 30.3 Å². The standard InChI is InChI=1S/C13H15ClO2/c1-3-9-16-13(15)10(4-2)11-7-5-6-8-12(11)14/h4-8H,3,9H2,1-2H3/b10-4+. The van der Waals surface area contributed by atoms with Crippen molar-refractivity contribution in [2.24, 2.45) is 0 Å². The topological polar surface area (TPSA) is 26.3 Å². The Hall–Kier alpha value is -1.28. The normalized spacial score (nSPS) is 11.3. The van der Waals surface area contributed by atoms with Gasteiger partial charge in [-0.3, -0.25) is 0 Å². The van der Waals surface area contributed by atoms with Crippen molar-refractivity contribution in [3.63, 3.8) is 0 Å². The van der Waals surface area contributed by atoms with E-state index in [9.17, 15) is 4.79 Å². The Labute approximate surface area is 101 Å². The molecule has 0 atom stereocenters. The molecule has 1 aromatic carbocycles. The molecule has 0 fully saturated rings. The third-order valence-electron chi connectivity index (χ3n) is 2.11. The number of hydrogen-bond acceptors (Lipinski definition) is 2. The number of halogens is 1. The van der Waals surface area contributed by atoms with Crippen molar-refractivity contribution in [2.75, 3.05) is 6.61 Å². The van der Waals surface area contributed by atoms with Crippen LogP contribution in [0.1, 0.15) is 25.8 Å². The maximum atomic E-state index is 11.7. The summed E-state index contributed by atoms with van der Waals surface area (Å²) in [6.45, 7) is 4.19. The van der Waals surface area contributed by atoms with Crippen LogP contribution in [0.4, 0.5) is 0 Å². The number of carbonyl (C=O) groups is 1. The highest BCUT2D eigenvalue weighted by Gasteiger charge is 2.14. The lowest BCUT2D eigenvalue weighted by molar-refractivity contribution is -0.136. The van der Waals surface area contributed by atoms with E-state index in [1.54, 1.807) is 19.1 Å². The second-order valence-electron chi connectivity index (χ2n) is 3.32. The number of allylic oxidation sites excluding steroid dienone is 1. The second kappa shape index (κ2) is 6.33. The molecule has 86 valence electrons. The molecule has 0 aliphatic rings. The summed E-state index contributed by atoms with van der Waals surface area (Å²) in [4.78, 5) is 11.7. The Morgan fingerprint density at radius 2 is 2.12 bits per heavy atom. The zero-order chi connectivity index (χ0) is 12.0. The molecule has 0 spiro atoms. The van der Waals surface area contributed by atoms with Crippen molar-refractivity contribution in [2.45, 2.75) is 20.3 Å². The number of rotatable bonds is 4. The first kappa shape index (κ1) is 12.8. The maximum absolute atomic E-state index is 11.7. The van der Waals surface area contributed by atoms with Crippen molar-refractivity contribution in [3.8, 4) is 0 Å². The van der Waals surface area contributed by atoms with Crippen LogP contribution in [0.3, 0.4) is 0 Å². The first-order valence-corrected chi connectivity index (χ1v) is 5.66. The summed E-state index contributed by atoms with van der Waals surface area (Å²) >= 11 is 6.03. The van der Waals surface area contributed by atoms with Gasteiger partial charge in [-0.25, -0.2) is 4.79 Å². The summed E-state index contributed by atoms with van der Waals surface area (Å²) in [7, 11) is 0. The van der Waals surface area contributed by atoms with E-state index in [2.05, 4.69) is 0 Å². The van der Waals surface area contributed by atoms with Crippen LogP contribution in [-0.4, -0.2) is 12.6 Å². The Kier molecular flexibility index (Phi) is 5.06. The number of hydrogen-bond donors (Lipinski definition) is 0. The van der Waals surface area contributed by atoms with Crippen LogP contribution < -0.4 is 0 Å². The van der Waals surface area contributed by atoms with Gasteiger partial charge in [-0.2, -0.15) is 0 Å². The molecule has 0 N–H and O–H groups in total. The fourth-order valence-corrected chi connectivity index (χ4v) is 1.57. The van der Waals surface area contributed by atoms with Gasteiger partial charge in [0.05, 0.1) is 12.2 Å². The van der Waals surface area contributed by atoms with Gasteiger partial charge in [-0.15, -0.1) is 0 Å². The predicted octanol–water partition coefficient (Wildman–Crippen LogP) is 3.70. The fourth-order valence-electron chi connectivity index (χ4n) is 1.34. The summed E-state index contributed by atoms with van der Waals surface area (Å²) in [6.07, 6.45) is 2.53. The molecule has 0 unspecified atom stereocenters. The molecule has 0 heterocycles. The first-order valence-electron chi connectivity index (χ1n) is 5.29. The SMILES string of the molecule is C/C=C(/C(=O)OCCC)c1ccccc1Cl. The zero-order valence-electron chi connectivity index (χ0n) is 9.50. The van der Waals surface area contributed by atoms with Gasteiger partial charge in [0.1, 0.15) is 0 Å². The molecule has 2 nitrogen and oxygen atoms in total. The molecule has 1 rings (SSSR count). The van der Waals surface area contributed by atoms with Gasteiger partial charge in [0.15, 0.2) is 0 Å². The van der Waals surface area contributed by atoms with E-state index in [0.29, 0.717) is 22.8 Å². The predicted molar refractivity (Wildman–Crippen MR) is 66.4 cm³/mol. The largest absolute Gasteiger partial charge is 0.462 e. The van der Waals surface area contributed by atoms with Gasteiger partial charge in [0, 0.05) is 10.6 Å². The van der Waals surface area contributed by atoms with Crippen molar-refractivity contribution < 1.29 is 9.53 Å². The van der Waals surface area contributed by atoms with E-state index >= 15 is 0 Å². The Bertz CT molecular complexity index is 397. The maximum Gasteiger partial charge on any atom is 0.338 e. The molecule has 3 heteroatoms. The Morgan fingerprint density at radius 1 is 1.44 bits per heavy atom. The summed E-state index contributed by atoms with van der Waals surface area (Å²) in [5, 5.41) is 0.559. The number of esters is 1. The van der Waals surface area contributed by atoms with Crippen LogP contribution in [0, 0.1) is 0 Å². The molecule has 0 aromatic heterocycles.